The van der Waals surface area contributed by atoms with Gasteiger partial charge in [0.15, 0.2) is 34.9 Å². The lowest BCUT2D eigenvalue weighted by Gasteiger charge is -2.15. The maximum atomic E-state index is 6.42. The van der Waals surface area contributed by atoms with E-state index in [2.05, 4.69) is 256 Å². The molecule has 0 saturated carbocycles. The Balaban J connectivity index is 0.000000114. The van der Waals surface area contributed by atoms with E-state index < -0.39 is 0 Å². The smallest absolute Gasteiger partial charge is 0.164 e. The fourth-order valence-corrected chi connectivity index (χ4v) is 18.9. The Morgan fingerprint density at radius 2 is 0.559 bits per heavy atom. The van der Waals surface area contributed by atoms with E-state index in [1.54, 1.807) is 0 Å². The second-order valence-electron chi connectivity index (χ2n) is 30.5. The fourth-order valence-electron chi connectivity index (χ4n) is 18.7. The number of fused-ring (bicyclic) bond motifs is 22. The lowest BCUT2D eigenvalue weighted by Crippen LogP contribution is -2.01. The van der Waals surface area contributed by atoms with Crippen molar-refractivity contribution in [3.63, 3.8) is 0 Å². The molecule has 7 aromatic heterocycles. The van der Waals surface area contributed by atoms with E-state index in [0.717, 1.165) is 67.0 Å². The van der Waals surface area contributed by atoms with E-state index >= 15 is 0 Å². The average molecular weight is 1530 g/mol. The predicted octanol–water partition coefficient (Wildman–Crippen LogP) is 28.3. The predicted molar refractivity (Wildman–Crippen MR) is 492 cm³/mol. The first-order valence-corrected chi connectivity index (χ1v) is 40.0. The number of para-hydroxylation sites is 4. The van der Waals surface area contributed by atoms with Gasteiger partial charge < -0.3 is 13.4 Å². The highest BCUT2D eigenvalue weighted by Crippen LogP contribution is 2.49. The van der Waals surface area contributed by atoms with Crippen molar-refractivity contribution in [3.05, 3.63) is 392 Å². The minimum Gasteiger partial charge on any atom is -0.309 e. The number of halogens is 1. The molecule has 0 atom stereocenters. The molecule has 10 heteroatoms. The van der Waals surface area contributed by atoms with E-state index in [1.165, 1.54) is 142 Å². The number of rotatable bonds is 7. The second kappa shape index (κ2) is 27.2. The van der Waals surface area contributed by atoms with Gasteiger partial charge in [0.1, 0.15) is 0 Å². The molecule has 0 amide bonds. The summed E-state index contributed by atoms with van der Waals surface area (Å²) in [5.74, 6) is 3.86. The number of aromatic nitrogens is 9. The van der Waals surface area contributed by atoms with Crippen LogP contribution in [0.3, 0.4) is 0 Å². The van der Waals surface area contributed by atoms with Crippen LogP contribution in [0.2, 0.25) is 5.02 Å². The van der Waals surface area contributed by atoms with Gasteiger partial charge in [0.05, 0.1) is 49.8 Å². The van der Waals surface area contributed by atoms with Crippen LogP contribution < -0.4 is 0 Å². The minimum absolute atomic E-state index is 0. The largest absolute Gasteiger partial charge is 0.309 e. The molecule has 1 aliphatic rings. The van der Waals surface area contributed by atoms with Gasteiger partial charge in [-0.2, -0.15) is 0 Å². The van der Waals surface area contributed by atoms with Crippen LogP contribution in [-0.4, -0.2) is 43.3 Å². The SMILES string of the molecule is C.Clc1ccc(-c2nc(-c3ccccc3)nc(-c3ccccc3)n2)c2ccccc12.c1ccc(-c2nc(-c3ccccc3)nc(-c3ccc(-n4c5cc6ccccc6cc5c5cc6c7cccc8c9ccccc9n(c6cc54)c87)c4ccccc34)n2)cc1.c1ccc2cc3c(cc2c1)Cc1cc2c(cc1-3)c1cccc3c4ccccc4n2c31. The standard InChI is InChI=1S/C53H31N5.C29H17N.C25H16ClN3.CH4/c1-3-14-32(15-4-1)51-54-52(33-16-5-2-6-17-33)56-53(55-51)41-26-27-46(37-21-10-9-20-36(37)41)57-47-29-35-19-8-7-18-34(35)28-42(47)44-30-43-40-24-13-23-39-38-22-11-12-25-45(38)58(50(39)40)49(43)31-48(44)57;1-2-7-18-14-24-19(12-17(18)6-1)13-20-15-28-26(16-25(20)24)23-10-5-9-22-21-8-3-4-11-27(21)30(28)29(22)23;26-22-16-15-21(19-13-7-8-14-20(19)22)25-28-23(17-9-3-1-4-10-17)27-24(29-25)18-11-5-2-6-12-18;/h1-31H;1-12,14-16H,13H2;1-16H;1H4. The van der Waals surface area contributed by atoms with Crippen LogP contribution in [0, 0.1) is 0 Å². The monoisotopic (exact) mass is 1530 g/mol. The highest BCUT2D eigenvalue weighted by molar-refractivity contribution is 6.36. The molecule has 0 radical (unpaired) electrons. The first-order chi connectivity index (χ1) is 57.9. The van der Waals surface area contributed by atoms with Gasteiger partial charge in [0.2, 0.25) is 0 Å². The van der Waals surface area contributed by atoms with Gasteiger partial charge in [-0.15, -0.1) is 0 Å². The van der Waals surface area contributed by atoms with Gasteiger partial charge in [0.25, 0.3) is 0 Å². The van der Waals surface area contributed by atoms with Crippen molar-refractivity contribution in [3.8, 4) is 85.1 Å². The zero-order valence-electron chi connectivity index (χ0n) is 62.9. The fraction of sp³-hybridized carbons (Fsp3) is 0.0185. The van der Waals surface area contributed by atoms with Gasteiger partial charge in [0, 0.05) is 103 Å². The van der Waals surface area contributed by atoms with E-state index in [0.29, 0.717) is 40.0 Å². The van der Waals surface area contributed by atoms with Crippen molar-refractivity contribution in [1.82, 2.24) is 43.3 Å². The number of nitrogens with zero attached hydrogens (tertiary/aromatic N) is 9. The van der Waals surface area contributed by atoms with Crippen LogP contribution in [0.4, 0.5) is 0 Å². The molecule has 0 saturated heterocycles. The third-order valence-corrected chi connectivity index (χ3v) is 24.3. The normalized spacial score (nSPS) is 12.0. The van der Waals surface area contributed by atoms with Crippen molar-refractivity contribution in [2.24, 2.45) is 0 Å². The summed E-state index contributed by atoms with van der Waals surface area (Å²) in [5.41, 5.74) is 22.5. The quantitative estimate of drug-likeness (QED) is 0.158. The Labute approximate surface area is 682 Å². The Morgan fingerprint density at radius 1 is 0.212 bits per heavy atom. The number of hydrogen-bond donors (Lipinski definition) is 0. The van der Waals surface area contributed by atoms with E-state index in [-0.39, 0.29) is 7.43 Å². The minimum atomic E-state index is 0. The molecule has 7 heterocycles. The highest BCUT2D eigenvalue weighted by Gasteiger charge is 2.27. The highest BCUT2D eigenvalue weighted by atomic mass is 35.5. The molecule has 0 unspecified atom stereocenters. The Morgan fingerprint density at radius 3 is 1.08 bits per heavy atom. The number of hydrogen-bond acceptors (Lipinski definition) is 6. The van der Waals surface area contributed by atoms with Gasteiger partial charge in [-0.25, -0.2) is 29.9 Å². The van der Waals surface area contributed by atoms with Crippen molar-refractivity contribution in [2.75, 3.05) is 0 Å². The molecule has 0 N–H and O–H groups in total. The Hall–Kier alpha value is -15.3. The van der Waals surface area contributed by atoms with Gasteiger partial charge in [-0.1, -0.05) is 316 Å². The Bertz CT molecular complexity index is 8250. The molecule has 0 aliphatic heterocycles. The molecule has 25 aromatic rings. The lowest BCUT2D eigenvalue weighted by atomic mass is 9.99. The van der Waals surface area contributed by atoms with E-state index in [1.807, 2.05) is 133 Å². The third kappa shape index (κ3) is 10.8. The van der Waals surface area contributed by atoms with Gasteiger partial charge in [-0.3, -0.25) is 0 Å². The van der Waals surface area contributed by atoms with Crippen LogP contribution in [0.25, 0.3) is 226 Å². The van der Waals surface area contributed by atoms with Gasteiger partial charge >= 0.3 is 0 Å². The Kier molecular flexibility index (Phi) is 15.8. The average Bonchev–Trinajstić information content (AvgIpc) is 1.53. The summed E-state index contributed by atoms with van der Waals surface area (Å²) < 4.78 is 7.44. The van der Waals surface area contributed by atoms with Crippen LogP contribution in [-0.2, 0) is 6.42 Å². The summed E-state index contributed by atoms with van der Waals surface area (Å²) >= 11 is 6.42. The van der Waals surface area contributed by atoms with Crippen molar-refractivity contribution in [2.45, 2.75) is 13.8 Å². The zero-order valence-corrected chi connectivity index (χ0v) is 63.7. The van der Waals surface area contributed by atoms with Crippen LogP contribution in [0.1, 0.15) is 18.6 Å². The summed E-state index contributed by atoms with van der Waals surface area (Å²) in [7, 11) is 0. The summed E-state index contributed by atoms with van der Waals surface area (Å²) in [5, 5.41) is 23.0. The molecule has 0 bridgehead atoms. The van der Waals surface area contributed by atoms with Crippen molar-refractivity contribution >= 4 is 153 Å². The summed E-state index contributed by atoms with van der Waals surface area (Å²) in [6.45, 7) is 0. The molecule has 0 fully saturated rings. The van der Waals surface area contributed by atoms with Crippen LogP contribution in [0.5, 0.6) is 0 Å². The van der Waals surface area contributed by atoms with Crippen molar-refractivity contribution < 1.29 is 0 Å². The summed E-state index contributed by atoms with van der Waals surface area (Å²) in [4.78, 5) is 29.6. The lowest BCUT2D eigenvalue weighted by molar-refractivity contribution is 1.08. The number of benzene rings is 18. The van der Waals surface area contributed by atoms with Crippen LogP contribution >= 0.6 is 11.6 Å². The first kappa shape index (κ1) is 68.3. The molecule has 26 rings (SSSR count). The molecule has 18 aromatic carbocycles. The third-order valence-electron chi connectivity index (χ3n) is 24.0. The zero-order chi connectivity index (χ0) is 76.9. The van der Waals surface area contributed by atoms with Gasteiger partial charge in [-0.05, 0) is 140 Å². The molecule has 9 nitrogen and oxygen atoms in total. The second-order valence-corrected chi connectivity index (χ2v) is 30.9. The molecular formula is C108H68ClN9. The molecular weight excluding hydrogens is 1460 g/mol. The maximum absolute atomic E-state index is 6.42. The topological polar surface area (TPSA) is 91.1 Å². The van der Waals surface area contributed by atoms with E-state index in [9.17, 15) is 0 Å². The summed E-state index contributed by atoms with van der Waals surface area (Å²) in [6, 6.07) is 133. The van der Waals surface area contributed by atoms with E-state index in [4.69, 9.17) is 41.5 Å². The van der Waals surface area contributed by atoms with Crippen LogP contribution in [0.15, 0.2) is 376 Å². The summed E-state index contributed by atoms with van der Waals surface area (Å²) in [6.07, 6.45) is 1.02. The molecule has 1 aliphatic carbocycles. The molecule has 552 valence electrons. The van der Waals surface area contributed by atoms with Crippen molar-refractivity contribution in [1.29, 1.82) is 0 Å². The maximum Gasteiger partial charge on any atom is 0.164 e. The molecule has 118 heavy (non-hydrogen) atoms. The first-order valence-electron chi connectivity index (χ1n) is 39.6. The molecule has 0 spiro atoms.